The van der Waals surface area contributed by atoms with Crippen molar-refractivity contribution in [3.05, 3.63) is 321 Å². The fraction of sp³-hybridized carbons (Fsp3) is 0. The number of fused-ring (bicyclic) bond motifs is 15. The van der Waals surface area contributed by atoms with Gasteiger partial charge in [0.15, 0.2) is 0 Å². The summed E-state index contributed by atoms with van der Waals surface area (Å²) in [5.74, 6) is 0. The Morgan fingerprint density at radius 1 is 0.292 bits per heavy atom. The van der Waals surface area contributed by atoms with Crippen LogP contribution in [0.4, 0.5) is 34.1 Å². The van der Waals surface area contributed by atoms with Crippen molar-refractivity contribution in [1.29, 1.82) is 0 Å². The van der Waals surface area contributed by atoms with Crippen molar-refractivity contribution in [2.24, 2.45) is 0 Å². The lowest BCUT2D eigenvalue weighted by Crippen LogP contribution is -2.61. The summed E-state index contributed by atoms with van der Waals surface area (Å²) in [5.41, 5.74) is 22.5. The summed E-state index contributed by atoms with van der Waals surface area (Å²) in [5, 5.41) is 4.30. The molecule has 0 spiro atoms. The maximum atomic E-state index is 9.80. The van der Waals surface area contributed by atoms with E-state index in [9.17, 15) is 8.22 Å². The molecule has 19 rings (SSSR count). The molecular weight excluding hydrogens is 1080 g/mol. The van der Waals surface area contributed by atoms with Crippen LogP contribution >= 0.6 is 0 Å². The second kappa shape index (κ2) is 19.4. The summed E-state index contributed by atoms with van der Waals surface area (Å²) in [6.45, 7) is -0.517. The number of anilines is 6. The topological polar surface area (TPSA) is 15.8 Å². The van der Waals surface area contributed by atoms with Crippen LogP contribution in [0.5, 0.6) is 0 Å². The number of hydrogen-bond acceptors (Lipinski definition) is 2. The molecule has 0 bridgehead atoms. The Hall–Kier alpha value is -11.7. The average molecular weight is 1140 g/mol. The smallest absolute Gasteiger partial charge is 0.252 e. The number of hydrogen-bond donors (Lipinski definition) is 0. The molecule has 5 heterocycles. The van der Waals surface area contributed by atoms with E-state index in [-0.39, 0.29) is 33.9 Å². The Morgan fingerprint density at radius 2 is 0.719 bits per heavy atom. The summed E-state index contributed by atoms with van der Waals surface area (Å²) in [7, 11) is 0. The van der Waals surface area contributed by atoms with Crippen LogP contribution in [0.2, 0.25) is 0 Å². The van der Waals surface area contributed by atoms with Gasteiger partial charge in [-0.3, -0.25) is 0 Å². The summed E-state index contributed by atoms with van der Waals surface area (Å²) in [6.07, 6.45) is 0. The normalized spacial score (nSPS) is 13.9. The van der Waals surface area contributed by atoms with Crippen molar-refractivity contribution in [3.63, 3.8) is 0 Å². The molecule has 412 valence electrons. The van der Waals surface area contributed by atoms with Gasteiger partial charge in [-0.15, -0.1) is 0 Å². The maximum Gasteiger partial charge on any atom is 0.252 e. The van der Waals surface area contributed by atoms with Gasteiger partial charge in [-0.25, -0.2) is 0 Å². The minimum Gasteiger partial charge on any atom is -0.309 e. The molecule has 0 aliphatic carbocycles. The van der Waals surface area contributed by atoms with Crippen molar-refractivity contribution in [3.8, 4) is 61.3 Å². The van der Waals surface area contributed by atoms with E-state index in [2.05, 4.69) is 269 Å². The number of rotatable bonds is 8. The number of benzene rings is 14. The third-order valence-corrected chi connectivity index (χ3v) is 18.6. The molecule has 0 N–H and O–H groups in total. The van der Waals surface area contributed by atoms with Crippen molar-refractivity contribution < 1.29 is 11.0 Å². The highest BCUT2D eigenvalue weighted by Crippen LogP contribution is 2.59. The first kappa shape index (κ1) is 42.2. The quantitative estimate of drug-likeness (QED) is 0.141. The van der Waals surface area contributed by atoms with Crippen LogP contribution in [0.1, 0.15) is 11.0 Å². The number of aromatic nitrogens is 2. The Morgan fingerprint density at radius 3 is 1.20 bits per heavy atom. The van der Waals surface area contributed by atoms with E-state index in [1.807, 2.05) is 18.2 Å². The molecule has 0 unspecified atom stereocenters. The zero-order chi connectivity index (χ0) is 65.2. The molecule has 17 aromatic rings. The molecule has 0 amide bonds. The second-order valence-electron chi connectivity index (χ2n) is 23.2. The molecule has 89 heavy (non-hydrogen) atoms. The van der Waals surface area contributed by atoms with Gasteiger partial charge in [0.05, 0.1) is 61.3 Å². The van der Waals surface area contributed by atoms with Gasteiger partial charge in [0, 0.05) is 71.6 Å². The fourth-order valence-corrected chi connectivity index (χ4v) is 15.1. The maximum absolute atomic E-state index is 9.80. The molecule has 0 saturated heterocycles. The van der Waals surface area contributed by atoms with Crippen molar-refractivity contribution in [1.82, 2.24) is 8.97 Å². The van der Waals surface area contributed by atoms with Gasteiger partial charge in [0.2, 0.25) is 0 Å². The Labute approximate surface area is 526 Å². The third kappa shape index (κ3) is 7.18. The van der Waals surface area contributed by atoms with Gasteiger partial charge in [-0.2, -0.15) is 0 Å². The van der Waals surface area contributed by atoms with E-state index in [0.29, 0.717) is 5.69 Å². The zero-order valence-electron chi connectivity index (χ0n) is 55.8. The van der Waals surface area contributed by atoms with Crippen LogP contribution in [-0.2, 0) is 0 Å². The van der Waals surface area contributed by atoms with E-state index in [4.69, 9.17) is 2.74 Å². The largest absolute Gasteiger partial charge is 0.309 e. The molecule has 5 heteroatoms. The van der Waals surface area contributed by atoms with Gasteiger partial charge < -0.3 is 18.8 Å². The Balaban J connectivity index is 1.07. The molecule has 2 aliphatic heterocycles. The first-order valence-electron chi connectivity index (χ1n) is 34.2. The summed E-state index contributed by atoms with van der Waals surface area (Å²) < 4.78 is 79.3. The molecule has 2 aliphatic rings. The number of nitrogens with zero attached hydrogens (tertiary/aromatic N) is 4. The molecule has 0 radical (unpaired) electrons. The van der Waals surface area contributed by atoms with E-state index < -0.39 is 43.0 Å². The molecule has 14 aromatic carbocycles. The van der Waals surface area contributed by atoms with Crippen LogP contribution in [0, 0.1) is 0 Å². The van der Waals surface area contributed by atoms with E-state index >= 15 is 0 Å². The van der Waals surface area contributed by atoms with Crippen LogP contribution < -0.4 is 26.2 Å². The van der Waals surface area contributed by atoms with Crippen LogP contribution in [0.3, 0.4) is 0 Å². The first-order chi connectivity index (χ1) is 47.6. The average Bonchev–Trinajstić information content (AvgIpc) is 1.61. The van der Waals surface area contributed by atoms with E-state index in [1.165, 1.54) is 0 Å². The van der Waals surface area contributed by atoms with Gasteiger partial charge in [0.1, 0.15) is 0 Å². The Bertz CT molecular complexity index is 5990. The molecule has 4 nitrogen and oxygen atoms in total. The molecule has 3 aromatic heterocycles. The van der Waals surface area contributed by atoms with Gasteiger partial charge >= 0.3 is 0 Å². The molecule has 0 fully saturated rings. The molecule has 0 atom stereocenters. The third-order valence-electron chi connectivity index (χ3n) is 18.6. The van der Waals surface area contributed by atoms with Crippen molar-refractivity contribution in [2.75, 3.05) is 9.80 Å². The van der Waals surface area contributed by atoms with E-state index in [1.54, 1.807) is 4.57 Å². The number of para-hydroxylation sites is 6. The van der Waals surface area contributed by atoms with Gasteiger partial charge in [0.25, 0.3) is 6.71 Å². The van der Waals surface area contributed by atoms with Crippen molar-refractivity contribution >= 4 is 117 Å². The van der Waals surface area contributed by atoms with Crippen LogP contribution in [0.25, 0.3) is 121 Å². The monoisotopic (exact) mass is 1140 g/mol. The second-order valence-corrected chi connectivity index (χ2v) is 23.2. The summed E-state index contributed by atoms with van der Waals surface area (Å²) in [6, 6.07) is 93.6. The highest BCUT2D eigenvalue weighted by atomic mass is 15.2. The molecular formula is C84H53BN4. The van der Waals surface area contributed by atoms with Gasteiger partial charge in [-0.05, 0) is 92.2 Å². The molecule has 0 saturated carbocycles. The van der Waals surface area contributed by atoms with E-state index in [0.717, 1.165) is 144 Å². The SMILES string of the molecule is [2H]c1c([2H])c([2H])c2c(c1[2H])c1c([2H])c([2H])c([2H])c([2H])c1n2-c1ccc2c(c1)N(c1c(-c3ccccc3)cccc1-c1ccccc1)c1c3c(c4c5ccccc5n5c6ccccc6c1c45)N(c1c(-c4ccccc4)cccc1-c1ccccc1)c1ccc(-c4ccccc4)cc1B23. The highest BCUT2D eigenvalue weighted by molar-refractivity contribution is 7.01. The standard InChI is InChI=1S/C84H53BN4/c1-6-26-54(27-7-1)59-48-51-75-70(52-59)85-69-50-49-60(86-71-44-20-16-36-65(71)66-37-17-21-45-72(66)86)53-76(69)89(81-63(57-32-12-4-13-33-57)42-25-43-64(81)58-34-14-5-15-35-58)84-78-68-39-19-23-47-74(68)87-73-46-22-18-38-67(73)77(82(78)87)83(79(84)85)88(75)80-61(55-28-8-2-9-29-55)40-24-41-62(80)56-30-10-3-11-31-56/h1-53H/i16D,17D,20D,21D,36D,37D,44D,45D. The summed E-state index contributed by atoms with van der Waals surface area (Å²) >= 11 is 0. The highest BCUT2D eigenvalue weighted by Gasteiger charge is 2.48. The van der Waals surface area contributed by atoms with Crippen molar-refractivity contribution in [2.45, 2.75) is 0 Å². The Kier molecular flexibility index (Phi) is 9.22. The first-order valence-corrected chi connectivity index (χ1v) is 30.2. The minimum absolute atomic E-state index is 0.0127. The predicted molar refractivity (Wildman–Crippen MR) is 377 cm³/mol. The lowest BCUT2D eigenvalue weighted by Gasteiger charge is -2.46. The summed E-state index contributed by atoms with van der Waals surface area (Å²) in [4.78, 5) is 5.09. The zero-order valence-corrected chi connectivity index (χ0v) is 47.8. The van der Waals surface area contributed by atoms with Crippen LogP contribution in [0.15, 0.2) is 321 Å². The van der Waals surface area contributed by atoms with Crippen LogP contribution in [-0.4, -0.2) is 15.7 Å². The lowest BCUT2D eigenvalue weighted by atomic mass is 9.33. The minimum atomic E-state index is -0.517. The fourth-order valence-electron chi connectivity index (χ4n) is 15.1. The van der Waals surface area contributed by atoms with Gasteiger partial charge in [-0.1, -0.05) is 279 Å². The predicted octanol–water partition coefficient (Wildman–Crippen LogP) is 20.4. The lowest BCUT2D eigenvalue weighted by molar-refractivity contribution is 1.17.